The Morgan fingerprint density at radius 1 is 1.19 bits per heavy atom. The number of nitrogens with one attached hydrogen (secondary N) is 1. The lowest BCUT2D eigenvalue weighted by Crippen LogP contribution is -2.36. The molecule has 0 saturated carbocycles. The molecule has 142 valence electrons. The Morgan fingerprint density at radius 2 is 1.89 bits per heavy atom. The minimum atomic E-state index is -0.257. The van der Waals surface area contributed by atoms with E-state index < -0.39 is 0 Å². The largest absolute Gasteiger partial charge is 0.495 e. The maximum absolute atomic E-state index is 12.2. The lowest BCUT2D eigenvalue weighted by Gasteiger charge is -2.28. The van der Waals surface area contributed by atoms with Crippen molar-refractivity contribution >= 4 is 46.6 Å². The summed E-state index contributed by atoms with van der Waals surface area (Å²) in [5, 5.41) is 3.70. The molecule has 0 aromatic heterocycles. The molecule has 2 aromatic carbocycles. The maximum atomic E-state index is 12.2. The molecule has 1 aliphatic heterocycles. The van der Waals surface area contributed by atoms with Gasteiger partial charge >= 0.3 is 0 Å². The quantitative estimate of drug-likeness (QED) is 0.743. The van der Waals surface area contributed by atoms with E-state index in [0.717, 1.165) is 37.7 Å². The molecule has 2 aromatic rings. The minimum absolute atomic E-state index is 0.257. The topological polar surface area (TPSA) is 50.8 Å². The molecule has 0 unspecified atom stereocenters. The van der Waals surface area contributed by atoms with Crippen molar-refractivity contribution in [1.29, 1.82) is 0 Å². The molecule has 27 heavy (non-hydrogen) atoms. The van der Waals surface area contributed by atoms with E-state index in [1.165, 1.54) is 13.2 Å². The molecule has 1 N–H and O–H groups in total. The summed E-state index contributed by atoms with van der Waals surface area (Å²) in [5.41, 5.74) is 2.47. The highest BCUT2D eigenvalue weighted by Crippen LogP contribution is 2.33. The lowest BCUT2D eigenvalue weighted by molar-refractivity contribution is -0.111. The molecule has 0 aliphatic carbocycles. The van der Waals surface area contributed by atoms with Gasteiger partial charge in [-0.3, -0.25) is 4.79 Å². The van der Waals surface area contributed by atoms with Gasteiger partial charge in [0.1, 0.15) is 5.75 Å². The Hall–Kier alpha value is -2.21. The SMILES string of the molecule is COc1c(Cl)cc(Cl)cc1/C=C/C(=O)Nc1ccc(N2CCOCC2)cc1. The average molecular weight is 407 g/mol. The van der Waals surface area contributed by atoms with Gasteiger partial charge < -0.3 is 19.7 Å². The van der Waals surface area contributed by atoms with Crippen molar-refractivity contribution in [2.24, 2.45) is 0 Å². The van der Waals surface area contributed by atoms with Gasteiger partial charge in [0.05, 0.1) is 25.3 Å². The van der Waals surface area contributed by atoms with Gasteiger partial charge in [-0.15, -0.1) is 0 Å². The van der Waals surface area contributed by atoms with E-state index in [0.29, 0.717) is 21.4 Å². The molecule has 1 amide bonds. The number of morpholine rings is 1. The molecule has 1 heterocycles. The molecular weight excluding hydrogens is 387 g/mol. The standard InChI is InChI=1S/C20H20Cl2N2O3/c1-26-20-14(12-15(21)13-18(20)22)2-7-19(25)23-16-3-5-17(6-4-16)24-8-10-27-11-9-24/h2-7,12-13H,8-11H2,1H3,(H,23,25)/b7-2+. The molecule has 3 rings (SSSR count). The van der Waals surface area contributed by atoms with Gasteiger partial charge in [-0.1, -0.05) is 23.2 Å². The van der Waals surface area contributed by atoms with Gasteiger partial charge in [0.25, 0.3) is 0 Å². The molecule has 7 heteroatoms. The summed E-state index contributed by atoms with van der Waals surface area (Å²) in [4.78, 5) is 14.5. The Bertz CT molecular complexity index is 832. The van der Waals surface area contributed by atoms with Crippen molar-refractivity contribution in [3.8, 4) is 5.75 Å². The third-order valence-electron chi connectivity index (χ3n) is 4.17. The molecular formula is C20H20Cl2N2O3. The van der Waals surface area contributed by atoms with Crippen molar-refractivity contribution in [3.05, 3.63) is 58.1 Å². The highest BCUT2D eigenvalue weighted by atomic mass is 35.5. The van der Waals surface area contributed by atoms with Gasteiger partial charge in [0, 0.05) is 41.1 Å². The van der Waals surface area contributed by atoms with Crippen LogP contribution in [0.4, 0.5) is 11.4 Å². The first-order valence-electron chi connectivity index (χ1n) is 8.51. The fourth-order valence-electron chi connectivity index (χ4n) is 2.85. The van der Waals surface area contributed by atoms with Gasteiger partial charge in [-0.05, 0) is 42.5 Å². The number of methoxy groups -OCH3 is 1. The van der Waals surface area contributed by atoms with Crippen LogP contribution in [0.15, 0.2) is 42.5 Å². The second-order valence-corrected chi connectivity index (χ2v) is 6.82. The number of hydrogen-bond donors (Lipinski definition) is 1. The molecule has 0 radical (unpaired) electrons. The zero-order chi connectivity index (χ0) is 19.2. The Kier molecular flexibility index (Phi) is 6.61. The zero-order valence-electron chi connectivity index (χ0n) is 14.9. The summed E-state index contributed by atoms with van der Waals surface area (Å²) in [6.45, 7) is 3.22. The van der Waals surface area contributed by atoms with Crippen molar-refractivity contribution in [3.63, 3.8) is 0 Å². The summed E-state index contributed by atoms with van der Waals surface area (Å²) in [6, 6.07) is 11.0. The third kappa shape index (κ3) is 5.16. The summed E-state index contributed by atoms with van der Waals surface area (Å²) in [7, 11) is 1.52. The zero-order valence-corrected chi connectivity index (χ0v) is 16.4. The van der Waals surface area contributed by atoms with E-state index in [-0.39, 0.29) is 5.91 Å². The molecule has 0 bridgehead atoms. The molecule has 1 aliphatic rings. The number of hydrogen-bond acceptors (Lipinski definition) is 4. The normalized spacial score (nSPS) is 14.4. The molecule has 0 spiro atoms. The predicted molar refractivity (Wildman–Crippen MR) is 110 cm³/mol. The second-order valence-electron chi connectivity index (χ2n) is 5.98. The van der Waals surface area contributed by atoms with Crippen LogP contribution in [0.25, 0.3) is 6.08 Å². The predicted octanol–water partition coefficient (Wildman–Crippen LogP) is 4.49. The molecule has 0 atom stereocenters. The number of rotatable bonds is 5. The van der Waals surface area contributed by atoms with Gasteiger partial charge in [-0.2, -0.15) is 0 Å². The van der Waals surface area contributed by atoms with Gasteiger partial charge in [0.2, 0.25) is 5.91 Å². The number of nitrogens with zero attached hydrogens (tertiary/aromatic N) is 1. The van der Waals surface area contributed by atoms with Crippen molar-refractivity contribution in [2.75, 3.05) is 43.6 Å². The molecule has 5 nitrogen and oxygen atoms in total. The first-order valence-corrected chi connectivity index (χ1v) is 9.27. The summed E-state index contributed by atoms with van der Waals surface area (Å²) in [6.07, 6.45) is 3.04. The highest BCUT2D eigenvalue weighted by Gasteiger charge is 2.11. The van der Waals surface area contributed by atoms with Crippen molar-refractivity contribution in [2.45, 2.75) is 0 Å². The number of anilines is 2. The highest BCUT2D eigenvalue weighted by molar-refractivity contribution is 6.36. The average Bonchev–Trinajstić information content (AvgIpc) is 2.67. The molecule has 1 fully saturated rings. The number of ether oxygens (including phenoxy) is 2. The van der Waals surface area contributed by atoms with E-state index in [9.17, 15) is 4.79 Å². The smallest absolute Gasteiger partial charge is 0.248 e. The van der Waals surface area contributed by atoms with E-state index in [4.69, 9.17) is 32.7 Å². The first-order chi connectivity index (χ1) is 13.1. The van der Waals surface area contributed by atoms with E-state index >= 15 is 0 Å². The Labute approximate surface area is 168 Å². The summed E-state index contributed by atoms with van der Waals surface area (Å²) >= 11 is 12.1. The van der Waals surface area contributed by atoms with Crippen LogP contribution in [0.3, 0.4) is 0 Å². The number of halogens is 2. The minimum Gasteiger partial charge on any atom is -0.495 e. The number of amides is 1. The van der Waals surface area contributed by atoms with Crippen molar-refractivity contribution in [1.82, 2.24) is 0 Å². The Morgan fingerprint density at radius 3 is 2.56 bits per heavy atom. The van der Waals surface area contributed by atoms with Crippen LogP contribution in [0.2, 0.25) is 10.0 Å². The van der Waals surface area contributed by atoms with Crippen LogP contribution in [-0.4, -0.2) is 39.3 Å². The summed E-state index contributed by atoms with van der Waals surface area (Å²) < 4.78 is 10.6. The van der Waals surface area contributed by atoms with Gasteiger partial charge in [-0.25, -0.2) is 0 Å². The van der Waals surface area contributed by atoms with Crippen LogP contribution in [-0.2, 0) is 9.53 Å². The Balaban J connectivity index is 1.65. The molecule has 1 saturated heterocycles. The van der Waals surface area contributed by atoms with Crippen LogP contribution in [0, 0.1) is 0 Å². The number of carbonyl (C=O) groups is 1. The van der Waals surface area contributed by atoms with E-state index in [2.05, 4.69) is 10.2 Å². The van der Waals surface area contributed by atoms with Crippen LogP contribution in [0.1, 0.15) is 5.56 Å². The fourth-order valence-corrected chi connectivity index (χ4v) is 3.43. The number of carbonyl (C=O) groups excluding carboxylic acids is 1. The maximum Gasteiger partial charge on any atom is 0.248 e. The third-order valence-corrected chi connectivity index (χ3v) is 4.67. The number of benzene rings is 2. The fraction of sp³-hybridized carbons (Fsp3) is 0.250. The van der Waals surface area contributed by atoms with E-state index in [1.54, 1.807) is 18.2 Å². The lowest BCUT2D eigenvalue weighted by atomic mass is 10.2. The van der Waals surface area contributed by atoms with Crippen molar-refractivity contribution < 1.29 is 14.3 Å². The van der Waals surface area contributed by atoms with Crippen LogP contribution < -0.4 is 15.0 Å². The van der Waals surface area contributed by atoms with E-state index in [1.807, 2.05) is 24.3 Å². The van der Waals surface area contributed by atoms with Crippen LogP contribution in [0.5, 0.6) is 5.75 Å². The summed E-state index contributed by atoms with van der Waals surface area (Å²) in [5.74, 6) is 0.215. The monoisotopic (exact) mass is 406 g/mol. The van der Waals surface area contributed by atoms with Gasteiger partial charge in [0.15, 0.2) is 0 Å². The second kappa shape index (κ2) is 9.13. The van der Waals surface area contributed by atoms with Crippen LogP contribution >= 0.6 is 23.2 Å². The first kappa shape index (κ1) is 19.5.